The molecule has 0 radical (unpaired) electrons. The molecule has 0 spiro atoms. The maximum Gasteiger partial charge on any atom is 0.325 e. The van der Waals surface area contributed by atoms with Crippen molar-refractivity contribution >= 4 is 23.7 Å². The highest BCUT2D eigenvalue weighted by molar-refractivity contribution is 8.03. The molecule has 19 heavy (non-hydrogen) atoms. The van der Waals surface area contributed by atoms with Gasteiger partial charge in [-0.05, 0) is 24.6 Å². The molecule has 0 saturated carbocycles. The van der Waals surface area contributed by atoms with Gasteiger partial charge in [0.05, 0.1) is 0 Å². The zero-order valence-electron chi connectivity index (χ0n) is 9.95. The summed E-state index contributed by atoms with van der Waals surface area (Å²) in [7, 11) is 0. The molecule has 2 N–H and O–H groups in total. The lowest BCUT2D eigenvalue weighted by Crippen LogP contribution is -2.38. The van der Waals surface area contributed by atoms with Crippen LogP contribution in [0, 0.1) is 5.41 Å². The third-order valence-electron chi connectivity index (χ3n) is 2.85. The first-order valence-electron chi connectivity index (χ1n) is 5.64. The summed E-state index contributed by atoms with van der Waals surface area (Å²) in [5.74, 6) is -2.67. The second kappa shape index (κ2) is 5.32. The Hall–Kier alpha value is -2.01. The first-order chi connectivity index (χ1) is 9.04. The van der Waals surface area contributed by atoms with Crippen molar-refractivity contribution in [3.8, 4) is 0 Å². The van der Waals surface area contributed by atoms with Crippen molar-refractivity contribution in [1.82, 2.24) is 0 Å². The zero-order valence-corrected chi connectivity index (χ0v) is 10.8. The van der Waals surface area contributed by atoms with Crippen LogP contribution in [0.3, 0.4) is 0 Å². The average Bonchev–Trinajstić information content (AvgIpc) is 2.39. The highest BCUT2D eigenvalue weighted by atomic mass is 32.2. The van der Waals surface area contributed by atoms with E-state index in [-0.39, 0.29) is 6.42 Å². The highest BCUT2D eigenvalue weighted by Gasteiger charge is 2.45. The summed E-state index contributed by atoms with van der Waals surface area (Å²) in [4.78, 5) is 24.1. The Balaban J connectivity index is 2.31. The predicted molar refractivity (Wildman–Crippen MR) is 71.8 cm³/mol. The van der Waals surface area contributed by atoms with Crippen molar-refractivity contribution < 1.29 is 19.8 Å². The summed E-state index contributed by atoms with van der Waals surface area (Å²) in [6, 6.07) is 9.40. The van der Waals surface area contributed by atoms with Gasteiger partial charge >= 0.3 is 11.9 Å². The molecule has 1 aliphatic rings. The van der Waals surface area contributed by atoms with E-state index in [1.165, 1.54) is 17.8 Å². The number of aliphatic carboxylic acids is 2. The summed E-state index contributed by atoms with van der Waals surface area (Å²) in [6.45, 7) is 0. The molecule has 0 amide bonds. The molecule has 0 aliphatic heterocycles. The molecule has 0 unspecified atom stereocenters. The first-order valence-corrected chi connectivity index (χ1v) is 6.45. The fourth-order valence-electron chi connectivity index (χ4n) is 1.79. The Morgan fingerprint density at radius 2 is 1.74 bits per heavy atom. The Bertz CT molecular complexity index is 546. The summed E-state index contributed by atoms with van der Waals surface area (Å²) in [5.41, 5.74) is -1.86. The topological polar surface area (TPSA) is 74.6 Å². The van der Waals surface area contributed by atoms with Gasteiger partial charge in [-0.15, -0.1) is 0 Å². The molecule has 1 aromatic rings. The quantitative estimate of drug-likeness (QED) is 0.827. The minimum Gasteiger partial charge on any atom is -0.480 e. The number of allylic oxidation sites excluding steroid dienone is 2. The number of benzene rings is 1. The third-order valence-corrected chi connectivity index (χ3v) is 3.85. The molecule has 0 fully saturated rings. The van der Waals surface area contributed by atoms with E-state index in [4.69, 9.17) is 0 Å². The van der Waals surface area contributed by atoms with E-state index >= 15 is 0 Å². The van der Waals surface area contributed by atoms with Gasteiger partial charge in [0.1, 0.15) is 0 Å². The second-order valence-electron chi connectivity index (χ2n) is 4.15. The largest absolute Gasteiger partial charge is 0.480 e. The van der Waals surface area contributed by atoms with Gasteiger partial charge < -0.3 is 10.2 Å². The lowest BCUT2D eigenvalue weighted by molar-refractivity contribution is -0.160. The fraction of sp³-hybridized carbons (Fsp3) is 0.143. The summed E-state index contributed by atoms with van der Waals surface area (Å²) in [5, 5.41) is 18.3. The van der Waals surface area contributed by atoms with Crippen molar-refractivity contribution in [2.45, 2.75) is 11.3 Å². The standard InChI is InChI=1S/C14H12O4S/c15-12(16)14(13(17)18)8-4-7-11(9-14)19-10-5-2-1-3-6-10/h1-7,9H,8H2,(H,15,16)(H,17,18). The number of hydrogen-bond acceptors (Lipinski definition) is 3. The van der Waals surface area contributed by atoms with Crippen LogP contribution in [-0.2, 0) is 9.59 Å². The molecule has 0 atom stereocenters. The van der Waals surface area contributed by atoms with E-state index in [1.807, 2.05) is 30.3 Å². The van der Waals surface area contributed by atoms with Gasteiger partial charge in [-0.2, -0.15) is 0 Å². The van der Waals surface area contributed by atoms with E-state index in [0.29, 0.717) is 4.91 Å². The molecule has 2 rings (SSSR count). The Labute approximate surface area is 114 Å². The van der Waals surface area contributed by atoms with Crippen molar-refractivity contribution in [1.29, 1.82) is 0 Å². The molecule has 0 saturated heterocycles. The SMILES string of the molecule is O=C(O)C1(C(=O)O)C=C(Sc2ccccc2)C=CC1. The van der Waals surface area contributed by atoms with Gasteiger partial charge in [0.25, 0.3) is 0 Å². The Kier molecular flexibility index (Phi) is 3.76. The molecule has 4 nitrogen and oxygen atoms in total. The zero-order chi connectivity index (χ0) is 13.9. The minimum atomic E-state index is -1.86. The van der Waals surface area contributed by atoms with Crippen LogP contribution in [0.15, 0.2) is 58.4 Å². The summed E-state index contributed by atoms with van der Waals surface area (Å²) >= 11 is 1.35. The number of carboxylic acid groups (broad SMARTS) is 2. The average molecular weight is 276 g/mol. The molecule has 1 aliphatic carbocycles. The smallest absolute Gasteiger partial charge is 0.325 e. The van der Waals surface area contributed by atoms with E-state index < -0.39 is 17.4 Å². The number of thioether (sulfide) groups is 1. The van der Waals surface area contributed by atoms with Crippen LogP contribution in [0.1, 0.15) is 6.42 Å². The Morgan fingerprint density at radius 1 is 1.11 bits per heavy atom. The number of rotatable bonds is 4. The van der Waals surface area contributed by atoms with Crippen LogP contribution in [0.2, 0.25) is 0 Å². The summed E-state index contributed by atoms with van der Waals surface area (Å²) in [6.07, 6.45) is 4.63. The van der Waals surface area contributed by atoms with Crippen LogP contribution in [0.25, 0.3) is 0 Å². The Morgan fingerprint density at radius 3 is 2.32 bits per heavy atom. The lowest BCUT2D eigenvalue weighted by atomic mass is 9.82. The predicted octanol–water partition coefficient (Wildman–Crippen LogP) is 2.78. The number of carbonyl (C=O) groups is 2. The normalized spacial score (nSPS) is 16.7. The number of carboxylic acids is 2. The van der Waals surface area contributed by atoms with E-state index in [9.17, 15) is 19.8 Å². The molecule has 98 valence electrons. The van der Waals surface area contributed by atoms with Gasteiger partial charge in [0.2, 0.25) is 0 Å². The van der Waals surface area contributed by atoms with Gasteiger partial charge in [-0.1, -0.05) is 42.1 Å². The van der Waals surface area contributed by atoms with Gasteiger partial charge in [0.15, 0.2) is 5.41 Å². The van der Waals surface area contributed by atoms with Crippen molar-refractivity contribution in [2.24, 2.45) is 5.41 Å². The first kappa shape index (κ1) is 13.4. The van der Waals surface area contributed by atoms with Gasteiger partial charge in [-0.3, -0.25) is 9.59 Å². The highest BCUT2D eigenvalue weighted by Crippen LogP contribution is 2.37. The van der Waals surface area contributed by atoms with Crippen molar-refractivity contribution in [3.63, 3.8) is 0 Å². The third kappa shape index (κ3) is 2.71. The van der Waals surface area contributed by atoms with Gasteiger partial charge in [-0.25, -0.2) is 0 Å². The van der Waals surface area contributed by atoms with Crippen LogP contribution < -0.4 is 0 Å². The van der Waals surface area contributed by atoms with Crippen LogP contribution in [0.4, 0.5) is 0 Å². The lowest BCUT2D eigenvalue weighted by Gasteiger charge is -2.23. The van der Waals surface area contributed by atoms with Crippen molar-refractivity contribution in [2.75, 3.05) is 0 Å². The molecule has 0 bridgehead atoms. The molecule has 0 aromatic heterocycles. The molecule has 1 aromatic carbocycles. The van der Waals surface area contributed by atoms with Crippen LogP contribution in [0.5, 0.6) is 0 Å². The molecular formula is C14H12O4S. The van der Waals surface area contributed by atoms with E-state index in [2.05, 4.69) is 0 Å². The molecule has 0 heterocycles. The maximum atomic E-state index is 11.2. The molecular weight excluding hydrogens is 264 g/mol. The van der Waals surface area contributed by atoms with Crippen LogP contribution in [-0.4, -0.2) is 22.2 Å². The van der Waals surface area contributed by atoms with E-state index in [1.54, 1.807) is 12.2 Å². The van der Waals surface area contributed by atoms with Gasteiger partial charge in [0, 0.05) is 9.80 Å². The maximum absolute atomic E-state index is 11.2. The molecule has 5 heteroatoms. The second-order valence-corrected chi connectivity index (χ2v) is 5.30. The summed E-state index contributed by atoms with van der Waals surface area (Å²) < 4.78 is 0. The minimum absolute atomic E-state index is 0.0312. The van der Waals surface area contributed by atoms with Crippen molar-refractivity contribution in [3.05, 3.63) is 53.5 Å². The van der Waals surface area contributed by atoms with E-state index in [0.717, 1.165) is 4.90 Å². The fourth-order valence-corrected chi connectivity index (χ4v) is 2.78. The van der Waals surface area contributed by atoms with Crippen LogP contribution >= 0.6 is 11.8 Å². The monoisotopic (exact) mass is 276 g/mol. The number of hydrogen-bond donors (Lipinski definition) is 2.